The molecule has 1 aliphatic heterocycles. The van der Waals surface area contributed by atoms with Crippen LogP contribution >= 0.6 is 0 Å². The Morgan fingerprint density at radius 2 is 1.50 bits per heavy atom. The van der Waals surface area contributed by atoms with E-state index in [2.05, 4.69) is 36.4 Å². The van der Waals surface area contributed by atoms with E-state index in [0.717, 1.165) is 6.54 Å². The third-order valence-electron chi connectivity index (χ3n) is 4.41. The van der Waals surface area contributed by atoms with E-state index in [9.17, 15) is 0 Å². The van der Waals surface area contributed by atoms with Crippen molar-refractivity contribution in [2.75, 3.05) is 6.54 Å². The van der Waals surface area contributed by atoms with E-state index in [-0.39, 0.29) is 5.54 Å². The lowest BCUT2D eigenvalue weighted by molar-refractivity contribution is 0.0835. The maximum absolute atomic E-state index is 4.08. The molecule has 0 atom stereocenters. The first-order valence-electron chi connectivity index (χ1n) is 8.71. The van der Waals surface area contributed by atoms with Gasteiger partial charge in [-0.25, -0.2) is 5.53 Å². The first-order chi connectivity index (χ1) is 9.67. The van der Waals surface area contributed by atoms with Crippen LogP contribution in [0, 0.1) is 0 Å². The summed E-state index contributed by atoms with van der Waals surface area (Å²) >= 11 is 0. The average molecular weight is 281 g/mol. The van der Waals surface area contributed by atoms with Crippen LogP contribution in [0.3, 0.4) is 0 Å². The quantitative estimate of drug-likeness (QED) is 0.516. The third kappa shape index (κ3) is 7.28. The summed E-state index contributed by atoms with van der Waals surface area (Å²) in [6, 6.07) is 0. The summed E-state index contributed by atoms with van der Waals surface area (Å²) in [5.74, 6) is 0. The summed E-state index contributed by atoms with van der Waals surface area (Å²) in [5, 5.41) is 6.32. The van der Waals surface area contributed by atoms with Crippen molar-refractivity contribution < 1.29 is 0 Å². The van der Waals surface area contributed by atoms with Crippen molar-refractivity contribution in [1.82, 2.24) is 10.5 Å². The minimum absolute atomic E-state index is 0.219. The summed E-state index contributed by atoms with van der Waals surface area (Å²) < 4.78 is 0. The van der Waals surface area contributed by atoms with E-state index in [1.165, 1.54) is 70.6 Å². The SMILES string of the molecule is CCCCCCCCCCCCC(C)(C)N1CC=NN1. The van der Waals surface area contributed by atoms with Crippen LogP contribution in [0.5, 0.6) is 0 Å². The number of nitrogens with zero attached hydrogens (tertiary/aromatic N) is 2. The van der Waals surface area contributed by atoms with Gasteiger partial charge in [0.15, 0.2) is 0 Å². The fraction of sp³-hybridized carbons (Fsp3) is 0.941. The highest BCUT2D eigenvalue weighted by Crippen LogP contribution is 2.22. The van der Waals surface area contributed by atoms with Crippen LogP contribution in [0.2, 0.25) is 0 Å². The molecule has 0 bridgehead atoms. The number of hydrogen-bond donors (Lipinski definition) is 1. The van der Waals surface area contributed by atoms with E-state index >= 15 is 0 Å². The van der Waals surface area contributed by atoms with Crippen molar-refractivity contribution in [2.45, 2.75) is 96.9 Å². The first kappa shape index (κ1) is 17.5. The molecule has 0 unspecified atom stereocenters. The Hall–Kier alpha value is -0.570. The van der Waals surface area contributed by atoms with Crippen molar-refractivity contribution in [3.8, 4) is 0 Å². The second-order valence-electron chi connectivity index (χ2n) is 6.77. The summed E-state index contributed by atoms with van der Waals surface area (Å²) in [4.78, 5) is 0. The van der Waals surface area contributed by atoms with Gasteiger partial charge in [0.05, 0.1) is 6.54 Å². The maximum atomic E-state index is 4.08. The van der Waals surface area contributed by atoms with Gasteiger partial charge < -0.3 is 0 Å². The average Bonchev–Trinajstić information content (AvgIpc) is 2.96. The molecule has 3 heteroatoms. The van der Waals surface area contributed by atoms with Crippen molar-refractivity contribution in [3.63, 3.8) is 0 Å². The molecule has 1 aliphatic rings. The molecule has 0 fully saturated rings. The number of rotatable bonds is 12. The molecule has 0 radical (unpaired) electrons. The minimum atomic E-state index is 0.219. The Labute approximate surface area is 126 Å². The summed E-state index contributed by atoms with van der Waals surface area (Å²) in [7, 11) is 0. The monoisotopic (exact) mass is 281 g/mol. The normalized spacial score (nSPS) is 15.8. The van der Waals surface area contributed by atoms with Crippen LogP contribution in [-0.2, 0) is 0 Å². The summed E-state index contributed by atoms with van der Waals surface area (Å²) in [6.07, 6.45) is 17.3. The van der Waals surface area contributed by atoms with Gasteiger partial charge >= 0.3 is 0 Å². The lowest BCUT2D eigenvalue weighted by atomic mass is 9.95. The van der Waals surface area contributed by atoms with Gasteiger partial charge in [-0.2, -0.15) is 10.1 Å². The highest BCUT2D eigenvalue weighted by atomic mass is 15.7. The standard InChI is InChI=1S/C17H35N3/c1-4-5-6-7-8-9-10-11-12-13-14-17(2,3)20-16-15-18-19-20/h15,19H,4-14,16H2,1-3H3. The lowest BCUT2D eigenvalue weighted by Gasteiger charge is -2.34. The van der Waals surface area contributed by atoms with Gasteiger partial charge in [-0.15, -0.1) is 0 Å². The highest BCUT2D eigenvalue weighted by molar-refractivity contribution is 5.60. The van der Waals surface area contributed by atoms with Crippen LogP contribution in [0.15, 0.2) is 5.10 Å². The van der Waals surface area contributed by atoms with Gasteiger partial charge in [0, 0.05) is 11.8 Å². The zero-order valence-electron chi connectivity index (χ0n) is 14.0. The Balaban J connectivity index is 1.89. The van der Waals surface area contributed by atoms with Crippen molar-refractivity contribution in [3.05, 3.63) is 0 Å². The molecule has 20 heavy (non-hydrogen) atoms. The van der Waals surface area contributed by atoms with Gasteiger partial charge in [0.1, 0.15) is 0 Å². The van der Waals surface area contributed by atoms with E-state index < -0.39 is 0 Å². The second-order valence-corrected chi connectivity index (χ2v) is 6.77. The summed E-state index contributed by atoms with van der Waals surface area (Å²) in [6.45, 7) is 7.83. The highest BCUT2D eigenvalue weighted by Gasteiger charge is 2.27. The number of hydrazone groups is 1. The minimum Gasteiger partial charge on any atom is -0.240 e. The Bertz CT molecular complexity index is 253. The molecular formula is C17H35N3. The van der Waals surface area contributed by atoms with E-state index in [1.54, 1.807) is 0 Å². The molecule has 118 valence electrons. The van der Waals surface area contributed by atoms with Gasteiger partial charge in [-0.3, -0.25) is 0 Å². The summed E-state index contributed by atoms with van der Waals surface area (Å²) in [5.41, 5.74) is 3.30. The molecule has 0 saturated carbocycles. The predicted molar refractivity (Wildman–Crippen MR) is 88.9 cm³/mol. The predicted octanol–water partition coefficient (Wildman–Crippen LogP) is 4.88. The molecule has 0 aromatic carbocycles. The molecule has 0 aliphatic carbocycles. The zero-order chi connectivity index (χ0) is 14.7. The van der Waals surface area contributed by atoms with Crippen molar-refractivity contribution >= 4 is 6.21 Å². The fourth-order valence-corrected chi connectivity index (χ4v) is 2.84. The molecule has 1 N–H and O–H groups in total. The molecule has 3 nitrogen and oxygen atoms in total. The van der Waals surface area contributed by atoms with Crippen molar-refractivity contribution in [2.24, 2.45) is 5.10 Å². The van der Waals surface area contributed by atoms with E-state index in [4.69, 9.17) is 0 Å². The number of hydrogen-bond acceptors (Lipinski definition) is 3. The van der Waals surface area contributed by atoms with Gasteiger partial charge in [0.25, 0.3) is 0 Å². The van der Waals surface area contributed by atoms with Crippen molar-refractivity contribution in [1.29, 1.82) is 0 Å². The Morgan fingerprint density at radius 1 is 0.950 bits per heavy atom. The van der Waals surface area contributed by atoms with Crippen LogP contribution in [0.4, 0.5) is 0 Å². The number of nitrogens with one attached hydrogen (secondary N) is 1. The topological polar surface area (TPSA) is 27.6 Å². The van der Waals surface area contributed by atoms with E-state index in [1.807, 2.05) is 6.21 Å². The molecule has 0 saturated heterocycles. The largest absolute Gasteiger partial charge is 0.240 e. The smallest absolute Gasteiger partial charge is 0.0572 e. The molecule has 1 heterocycles. The van der Waals surface area contributed by atoms with Crippen LogP contribution in [0.25, 0.3) is 0 Å². The van der Waals surface area contributed by atoms with Gasteiger partial charge in [-0.1, -0.05) is 71.1 Å². The first-order valence-corrected chi connectivity index (χ1v) is 8.71. The molecule has 0 aromatic heterocycles. The lowest BCUT2D eigenvalue weighted by Crippen LogP contribution is -2.47. The third-order valence-corrected chi connectivity index (χ3v) is 4.41. The fourth-order valence-electron chi connectivity index (χ4n) is 2.84. The second kappa shape index (κ2) is 10.2. The Morgan fingerprint density at radius 3 is 2.00 bits per heavy atom. The maximum Gasteiger partial charge on any atom is 0.0572 e. The molecule has 0 spiro atoms. The van der Waals surface area contributed by atoms with Gasteiger partial charge in [-0.05, 0) is 20.3 Å². The van der Waals surface area contributed by atoms with Gasteiger partial charge in [0.2, 0.25) is 0 Å². The molecule has 1 rings (SSSR count). The van der Waals surface area contributed by atoms with Crippen LogP contribution in [0.1, 0.15) is 91.4 Å². The molecular weight excluding hydrogens is 246 g/mol. The van der Waals surface area contributed by atoms with Crippen LogP contribution in [-0.4, -0.2) is 23.3 Å². The van der Waals surface area contributed by atoms with Crippen LogP contribution < -0.4 is 5.53 Å². The molecule has 0 aromatic rings. The molecule has 0 amide bonds. The van der Waals surface area contributed by atoms with E-state index in [0.29, 0.717) is 0 Å². The Kier molecular flexibility index (Phi) is 8.92. The zero-order valence-corrected chi connectivity index (χ0v) is 14.0. The number of hydrazine groups is 1. The number of unbranched alkanes of at least 4 members (excludes halogenated alkanes) is 9.